The molecule has 5 N–H and O–H groups in total. The molecule has 112 valence electrons. The zero-order valence-electron chi connectivity index (χ0n) is 9.51. The smallest absolute Gasteiger partial charge is 0.421 e. The third kappa shape index (κ3) is 2.38. The van der Waals surface area contributed by atoms with Gasteiger partial charge < -0.3 is 16.6 Å². The van der Waals surface area contributed by atoms with Crippen LogP contribution in [0.5, 0.6) is 0 Å². The van der Waals surface area contributed by atoms with E-state index in [1.165, 1.54) is 0 Å². The molecular formula is C10H8F6N2O2. The number of anilines is 1. The van der Waals surface area contributed by atoms with Crippen LogP contribution in [0.4, 0.5) is 32.0 Å². The van der Waals surface area contributed by atoms with E-state index >= 15 is 0 Å². The van der Waals surface area contributed by atoms with Crippen molar-refractivity contribution in [1.82, 2.24) is 0 Å². The van der Waals surface area contributed by atoms with Crippen molar-refractivity contribution in [3.05, 3.63) is 29.3 Å². The topological polar surface area (TPSA) is 89.3 Å². The van der Waals surface area contributed by atoms with Crippen molar-refractivity contribution in [2.45, 2.75) is 17.9 Å². The quantitative estimate of drug-likeness (QED) is 0.576. The predicted octanol–water partition coefficient (Wildman–Crippen LogP) is 2.09. The lowest BCUT2D eigenvalue weighted by Crippen LogP contribution is -2.57. The molecule has 0 radical (unpaired) electrons. The first kappa shape index (κ1) is 16.1. The predicted molar refractivity (Wildman–Crippen MR) is 55.4 cm³/mol. The highest BCUT2D eigenvalue weighted by Crippen LogP contribution is 2.43. The average Bonchev–Trinajstić information content (AvgIpc) is 2.24. The van der Waals surface area contributed by atoms with E-state index in [1.807, 2.05) is 0 Å². The number of para-hydroxylation sites is 1. The van der Waals surface area contributed by atoms with Gasteiger partial charge in [0.15, 0.2) is 0 Å². The lowest BCUT2D eigenvalue weighted by molar-refractivity contribution is -0.204. The Kier molecular flexibility index (Phi) is 3.66. The summed E-state index contributed by atoms with van der Waals surface area (Å²) in [4.78, 5) is 10.8. The van der Waals surface area contributed by atoms with Crippen LogP contribution >= 0.6 is 0 Å². The van der Waals surface area contributed by atoms with Crippen molar-refractivity contribution in [3.8, 4) is 0 Å². The number of hydrogen-bond acceptors (Lipinski definition) is 3. The molecule has 1 aromatic rings. The molecule has 0 aliphatic carbocycles. The lowest BCUT2D eigenvalue weighted by Gasteiger charge is -2.29. The molecule has 1 atom stereocenters. The molecule has 10 heteroatoms. The van der Waals surface area contributed by atoms with Crippen molar-refractivity contribution in [2.24, 2.45) is 5.73 Å². The van der Waals surface area contributed by atoms with Crippen LogP contribution in [-0.2, 0) is 16.5 Å². The molecule has 0 bridgehead atoms. The van der Waals surface area contributed by atoms with Gasteiger partial charge in [-0.3, -0.25) is 0 Å². The summed E-state index contributed by atoms with van der Waals surface area (Å²) in [6.07, 6.45) is -10.6. The van der Waals surface area contributed by atoms with Gasteiger partial charge in [-0.05, 0) is 6.07 Å². The van der Waals surface area contributed by atoms with Gasteiger partial charge in [0.05, 0.1) is 5.56 Å². The highest BCUT2D eigenvalue weighted by atomic mass is 19.4. The molecule has 0 spiro atoms. The molecule has 0 fully saturated rings. The van der Waals surface area contributed by atoms with Crippen LogP contribution in [0.2, 0.25) is 0 Å². The number of benzene rings is 1. The van der Waals surface area contributed by atoms with E-state index in [2.05, 4.69) is 0 Å². The van der Waals surface area contributed by atoms with Gasteiger partial charge in [0.1, 0.15) is 0 Å². The van der Waals surface area contributed by atoms with Gasteiger partial charge >= 0.3 is 18.3 Å². The van der Waals surface area contributed by atoms with E-state index in [0.717, 1.165) is 0 Å². The molecule has 1 aromatic carbocycles. The van der Waals surface area contributed by atoms with Crippen LogP contribution in [0, 0.1) is 0 Å². The maximum absolute atomic E-state index is 12.8. The Balaban J connectivity index is 3.66. The summed E-state index contributed by atoms with van der Waals surface area (Å²) in [5.41, 5.74) is 1.45. The normalized spacial score (nSPS) is 15.8. The van der Waals surface area contributed by atoms with Gasteiger partial charge in [0.25, 0.3) is 0 Å². The molecule has 0 amide bonds. The second-order valence-corrected chi connectivity index (χ2v) is 3.88. The Labute approximate surface area is 108 Å². The summed E-state index contributed by atoms with van der Waals surface area (Å²) in [5, 5.41) is 8.66. The van der Waals surface area contributed by atoms with E-state index in [0.29, 0.717) is 18.2 Å². The third-order valence-corrected chi connectivity index (χ3v) is 2.62. The van der Waals surface area contributed by atoms with Crippen molar-refractivity contribution in [3.63, 3.8) is 0 Å². The molecule has 0 aliphatic heterocycles. The van der Waals surface area contributed by atoms with Crippen LogP contribution in [0.1, 0.15) is 11.1 Å². The highest BCUT2D eigenvalue weighted by Gasteiger charge is 2.60. The summed E-state index contributed by atoms with van der Waals surface area (Å²) in [5.74, 6) is -2.56. The Morgan fingerprint density at radius 1 is 1.05 bits per heavy atom. The van der Waals surface area contributed by atoms with E-state index in [1.54, 1.807) is 0 Å². The number of carboxylic acid groups (broad SMARTS) is 1. The maximum atomic E-state index is 12.8. The van der Waals surface area contributed by atoms with Gasteiger partial charge in [-0.1, -0.05) is 12.1 Å². The Morgan fingerprint density at radius 2 is 1.50 bits per heavy atom. The largest absolute Gasteiger partial charge is 0.479 e. The summed E-state index contributed by atoms with van der Waals surface area (Å²) < 4.78 is 76.1. The van der Waals surface area contributed by atoms with Crippen molar-refractivity contribution in [1.29, 1.82) is 0 Å². The van der Waals surface area contributed by atoms with E-state index in [9.17, 15) is 31.1 Å². The Morgan fingerprint density at radius 3 is 1.85 bits per heavy atom. The first-order valence-corrected chi connectivity index (χ1v) is 4.88. The number of nitrogen functional groups attached to an aromatic ring is 1. The standard InChI is InChI=1S/C10H8F6N2O2/c11-9(12,13)5-3-1-2-4(6(5)17)8(18,7(19)20)10(14,15)16/h1-3H,17-18H2,(H,19,20). The number of rotatable bonds is 2. The average molecular weight is 302 g/mol. The van der Waals surface area contributed by atoms with Gasteiger partial charge in [-0.15, -0.1) is 0 Å². The molecular weight excluding hydrogens is 294 g/mol. The monoisotopic (exact) mass is 302 g/mol. The maximum Gasteiger partial charge on any atom is 0.421 e. The van der Waals surface area contributed by atoms with Gasteiger partial charge in [0, 0.05) is 11.3 Å². The number of carboxylic acids is 1. The van der Waals surface area contributed by atoms with Crippen molar-refractivity contribution >= 4 is 11.7 Å². The molecule has 4 nitrogen and oxygen atoms in total. The fourth-order valence-electron chi connectivity index (χ4n) is 1.55. The molecule has 0 saturated heterocycles. The van der Waals surface area contributed by atoms with Gasteiger partial charge in [-0.2, -0.15) is 26.3 Å². The molecule has 0 aromatic heterocycles. The third-order valence-electron chi connectivity index (χ3n) is 2.62. The first-order chi connectivity index (χ1) is 8.83. The van der Waals surface area contributed by atoms with Crippen LogP contribution in [0.15, 0.2) is 18.2 Å². The molecule has 1 rings (SSSR count). The van der Waals surface area contributed by atoms with E-state index in [-0.39, 0.29) is 0 Å². The zero-order valence-corrected chi connectivity index (χ0v) is 9.51. The second kappa shape index (κ2) is 4.54. The van der Waals surface area contributed by atoms with Crippen LogP contribution in [0.25, 0.3) is 0 Å². The number of nitrogens with two attached hydrogens (primary N) is 2. The lowest BCUT2D eigenvalue weighted by atomic mass is 9.87. The zero-order chi connectivity index (χ0) is 15.9. The van der Waals surface area contributed by atoms with Crippen molar-refractivity contribution < 1.29 is 36.2 Å². The van der Waals surface area contributed by atoms with Crippen LogP contribution in [-0.4, -0.2) is 17.3 Å². The number of aliphatic carboxylic acids is 1. The van der Waals surface area contributed by atoms with Gasteiger partial charge in [0.2, 0.25) is 5.54 Å². The summed E-state index contributed by atoms with van der Waals surface area (Å²) >= 11 is 0. The number of halogens is 6. The molecule has 0 saturated carbocycles. The SMILES string of the molecule is Nc1c(C(F)(F)F)cccc1C(N)(C(=O)O)C(F)(F)F. The fraction of sp³-hybridized carbons (Fsp3) is 0.300. The van der Waals surface area contributed by atoms with Crippen molar-refractivity contribution in [2.75, 3.05) is 5.73 Å². The summed E-state index contributed by atoms with van der Waals surface area (Å²) in [7, 11) is 0. The van der Waals surface area contributed by atoms with E-state index in [4.69, 9.17) is 16.6 Å². The molecule has 0 aliphatic rings. The minimum absolute atomic E-state index is 0.428. The molecule has 20 heavy (non-hydrogen) atoms. The molecule has 0 heterocycles. The fourth-order valence-corrected chi connectivity index (χ4v) is 1.55. The Bertz CT molecular complexity index is 540. The van der Waals surface area contributed by atoms with Crippen LogP contribution in [0.3, 0.4) is 0 Å². The first-order valence-electron chi connectivity index (χ1n) is 4.88. The number of alkyl halides is 6. The van der Waals surface area contributed by atoms with Gasteiger partial charge in [-0.25, -0.2) is 4.79 Å². The summed E-state index contributed by atoms with van der Waals surface area (Å²) in [6, 6.07) is 1.52. The number of carbonyl (C=O) groups is 1. The minimum atomic E-state index is -5.53. The highest BCUT2D eigenvalue weighted by molar-refractivity contribution is 5.84. The minimum Gasteiger partial charge on any atom is -0.479 e. The van der Waals surface area contributed by atoms with E-state index < -0.39 is 40.7 Å². The van der Waals surface area contributed by atoms with Crippen LogP contribution < -0.4 is 11.5 Å². The molecule has 1 unspecified atom stereocenters. The Hall–Kier alpha value is -1.97. The summed E-state index contributed by atoms with van der Waals surface area (Å²) in [6.45, 7) is 0. The number of hydrogen-bond donors (Lipinski definition) is 3. The second-order valence-electron chi connectivity index (χ2n) is 3.88.